The largest absolute Gasteiger partial charge is 0.274 e. The van der Waals surface area contributed by atoms with Gasteiger partial charge < -0.3 is 0 Å². The average molecular weight is 279 g/mol. The number of hydrogen-bond donors (Lipinski definition) is 0. The molecule has 1 saturated heterocycles. The van der Waals surface area contributed by atoms with E-state index in [0.717, 1.165) is 9.87 Å². The first kappa shape index (κ1) is 13.8. The Labute approximate surface area is 113 Å². The summed E-state index contributed by atoms with van der Waals surface area (Å²) in [6, 6.07) is 6.20. The molecule has 1 aromatic rings. The molecule has 0 N–H and O–H groups in total. The van der Waals surface area contributed by atoms with E-state index in [4.69, 9.17) is 0 Å². The maximum atomic E-state index is 12.5. The summed E-state index contributed by atoms with van der Waals surface area (Å²) in [6.07, 6.45) is 4.37. The SMILES string of the molecule is C/C=C/C1CCC(=O)N1S(=O)(=O)c1ccc(C)cc1. The minimum absolute atomic E-state index is 0.169. The Balaban J connectivity index is 2.43. The number of amides is 1. The Kier molecular flexibility index (Phi) is 3.75. The highest BCUT2D eigenvalue weighted by Gasteiger charge is 2.38. The Hall–Kier alpha value is -1.62. The summed E-state index contributed by atoms with van der Waals surface area (Å²) in [5.74, 6) is -0.330. The summed E-state index contributed by atoms with van der Waals surface area (Å²) in [4.78, 5) is 12.0. The van der Waals surface area contributed by atoms with Gasteiger partial charge in [0.05, 0.1) is 10.9 Å². The smallest absolute Gasteiger partial charge is 0.267 e. The fourth-order valence-electron chi connectivity index (χ4n) is 2.22. The highest BCUT2D eigenvalue weighted by molar-refractivity contribution is 7.89. The van der Waals surface area contributed by atoms with Gasteiger partial charge in [-0.05, 0) is 32.4 Å². The molecule has 0 spiro atoms. The Morgan fingerprint density at radius 1 is 1.26 bits per heavy atom. The van der Waals surface area contributed by atoms with E-state index in [1.54, 1.807) is 36.4 Å². The van der Waals surface area contributed by atoms with Crippen molar-refractivity contribution in [1.82, 2.24) is 4.31 Å². The zero-order valence-corrected chi connectivity index (χ0v) is 11.9. The second-order valence-corrected chi connectivity index (χ2v) is 6.45. The van der Waals surface area contributed by atoms with Crippen LogP contribution in [-0.4, -0.2) is 24.7 Å². The summed E-state index contributed by atoms with van der Waals surface area (Å²) in [7, 11) is -3.74. The minimum atomic E-state index is -3.74. The van der Waals surface area contributed by atoms with Gasteiger partial charge in [0.15, 0.2) is 0 Å². The third kappa shape index (κ3) is 2.56. The van der Waals surface area contributed by atoms with Crippen molar-refractivity contribution < 1.29 is 13.2 Å². The van der Waals surface area contributed by atoms with E-state index in [1.165, 1.54) is 0 Å². The van der Waals surface area contributed by atoms with E-state index in [9.17, 15) is 13.2 Å². The number of sulfonamides is 1. The number of allylic oxidation sites excluding steroid dienone is 1. The molecule has 1 amide bonds. The van der Waals surface area contributed by atoms with Crippen LogP contribution in [0, 0.1) is 6.92 Å². The fraction of sp³-hybridized carbons (Fsp3) is 0.357. The normalized spacial score (nSPS) is 20.4. The molecule has 0 saturated carbocycles. The highest BCUT2D eigenvalue weighted by Crippen LogP contribution is 2.28. The Morgan fingerprint density at radius 2 is 1.89 bits per heavy atom. The molecule has 102 valence electrons. The van der Waals surface area contributed by atoms with Crippen LogP contribution in [0.25, 0.3) is 0 Å². The predicted molar refractivity (Wildman–Crippen MR) is 73.0 cm³/mol. The molecule has 2 rings (SSSR count). The molecule has 1 aliphatic rings. The van der Waals surface area contributed by atoms with Gasteiger partial charge in [-0.1, -0.05) is 29.8 Å². The van der Waals surface area contributed by atoms with Crippen LogP contribution in [0.15, 0.2) is 41.3 Å². The van der Waals surface area contributed by atoms with Crippen molar-refractivity contribution in [2.24, 2.45) is 0 Å². The van der Waals surface area contributed by atoms with Gasteiger partial charge in [0.2, 0.25) is 5.91 Å². The van der Waals surface area contributed by atoms with Crippen LogP contribution in [0.3, 0.4) is 0 Å². The predicted octanol–water partition coefficient (Wildman–Crippen LogP) is 2.25. The van der Waals surface area contributed by atoms with Crippen molar-refractivity contribution >= 4 is 15.9 Å². The van der Waals surface area contributed by atoms with Crippen LogP contribution in [0.4, 0.5) is 0 Å². The lowest BCUT2D eigenvalue weighted by Gasteiger charge is -2.22. The molecule has 1 aromatic carbocycles. The fourth-order valence-corrected chi connectivity index (χ4v) is 3.82. The first-order valence-corrected chi connectivity index (χ1v) is 7.67. The van der Waals surface area contributed by atoms with Gasteiger partial charge in [0.25, 0.3) is 10.0 Å². The van der Waals surface area contributed by atoms with E-state index >= 15 is 0 Å². The lowest BCUT2D eigenvalue weighted by molar-refractivity contribution is -0.124. The van der Waals surface area contributed by atoms with Crippen molar-refractivity contribution in [3.8, 4) is 0 Å². The molecule has 0 aliphatic carbocycles. The lowest BCUT2D eigenvalue weighted by Crippen LogP contribution is -2.37. The number of aryl methyl sites for hydroxylation is 1. The van der Waals surface area contributed by atoms with Crippen LogP contribution in [0.2, 0.25) is 0 Å². The van der Waals surface area contributed by atoms with Crippen LogP contribution in [0.5, 0.6) is 0 Å². The summed E-state index contributed by atoms with van der Waals surface area (Å²) >= 11 is 0. The molecular weight excluding hydrogens is 262 g/mol. The number of nitrogens with zero attached hydrogens (tertiary/aromatic N) is 1. The molecule has 5 heteroatoms. The van der Waals surface area contributed by atoms with E-state index in [0.29, 0.717) is 6.42 Å². The molecule has 0 aromatic heterocycles. The zero-order valence-electron chi connectivity index (χ0n) is 11.0. The van der Waals surface area contributed by atoms with E-state index in [-0.39, 0.29) is 23.3 Å². The molecule has 0 bridgehead atoms. The summed E-state index contributed by atoms with van der Waals surface area (Å²) in [5.41, 5.74) is 0.983. The highest BCUT2D eigenvalue weighted by atomic mass is 32.2. The van der Waals surface area contributed by atoms with Gasteiger partial charge in [-0.2, -0.15) is 0 Å². The third-order valence-corrected chi connectivity index (χ3v) is 5.05. The van der Waals surface area contributed by atoms with E-state index in [2.05, 4.69) is 0 Å². The maximum absolute atomic E-state index is 12.5. The maximum Gasteiger partial charge on any atom is 0.267 e. The molecule has 0 radical (unpaired) electrons. The van der Waals surface area contributed by atoms with E-state index in [1.807, 2.05) is 13.8 Å². The van der Waals surface area contributed by atoms with Crippen molar-refractivity contribution in [2.75, 3.05) is 0 Å². The molecule has 1 heterocycles. The first-order chi connectivity index (χ1) is 8.96. The van der Waals surface area contributed by atoms with Gasteiger partial charge in [-0.3, -0.25) is 4.79 Å². The van der Waals surface area contributed by atoms with Crippen LogP contribution < -0.4 is 0 Å². The number of benzene rings is 1. The minimum Gasteiger partial charge on any atom is -0.274 e. The van der Waals surface area contributed by atoms with Crippen molar-refractivity contribution in [3.05, 3.63) is 42.0 Å². The standard InChI is InChI=1S/C14H17NO3S/c1-3-4-12-7-10-14(16)15(12)19(17,18)13-8-5-11(2)6-9-13/h3-6,8-9,12H,7,10H2,1-2H3/b4-3+. The van der Waals surface area contributed by atoms with Gasteiger partial charge in [0.1, 0.15) is 0 Å². The molecule has 1 atom stereocenters. The van der Waals surface area contributed by atoms with E-state index < -0.39 is 10.0 Å². The molecule has 1 unspecified atom stereocenters. The van der Waals surface area contributed by atoms with Gasteiger partial charge in [-0.25, -0.2) is 12.7 Å². The topological polar surface area (TPSA) is 54.5 Å². The number of hydrogen-bond acceptors (Lipinski definition) is 3. The first-order valence-electron chi connectivity index (χ1n) is 6.23. The number of carbonyl (C=O) groups is 1. The van der Waals surface area contributed by atoms with Gasteiger partial charge >= 0.3 is 0 Å². The van der Waals surface area contributed by atoms with Crippen LogP contribution in [0.1, 0.15) is 25.3 Å². The zero-order chi connectivity index (χ0) is 14.0. The molecule has 1 aliphatic heterocycles. The average Bonchev–Trinajstić information content (AvgIpc) is 2.72. The quantitative estimate of drug-likeness (QED) is 0.797. The Bertz CT molecular complexity index is 602. The summed E-state index contributed by atoms with van der Waals surface area (Å²) in [5, 5.41) is 0. The lowest BCUT2D eigenvalue weighted by atomic mass is 10.2. The van der Waals surface area contributed by atoms with Crippen LogP contribution in [-0.2, 0) is 14.8 Å². The van der Waals surface area contributed by atoms with Crippen molar-refractivity contribution in [2.45, 2.75) is 37.6 Å². The van der Waals surface area contributed by atoms with Crippen LogP contribution >= 0.6 is 0 Å². The van der Waals surface area contributed by atoms with Gasteiger partial charge in [0, 0.05) is 6.42 Å². The second kappa shape index (κ2) is 5.17. The molecular formula is C14H17NO3S. The monoisotopic (exact) mass is 279 g/mol. The van der Waals surface area contributed by atoms with Crippen molar-refractivity contribution in [3.63, 3.8) is 0 Å². The van der Waals surface area contributed by atoms with Gasteiger partial charge in [-0.15, -0.1) is 0 Å². The van der Waals surface area contributed by atoms with Crippen molar-refractivity contribution in [1.29, 1.82) is 0 Å². The summed E-state index contributed by atoms with van der Waals surface area (Å²) in [6.45, 7) is 3.71. The second-order valence-electron chi connectivity index (χ2n) is 4.64. The third-order valence-electron chi connectivity index (χ3n) is 3.19. The summed E-state index contributed by atoms with van der Waals surface area (Å²) < 4.78 is 26.0. The Morgan fingerprint density at radius 3 is 2.47 bits per heavy atom. The molecule has 4 nitrogen and oxygen atoms in total. The number of carbonyl (C=O) groups excluding carboxylic acids is 1. The number of rotatable bonds is 3. The molecule has 19 heavy (non-hydrogen) atoms. The molecule has 1 fully saturated rings.